The molecule has 0 radical (unpaired) electrons. The Bertz CT molecular complexity index is 1150. The van der Waals surface area contributed by atoms with Crippen LogP contribution in [0.15, 0.2) is 69.6 Å². The number of piperazine rings is 1. The normalized spacial score (nSPS) is 14.9. The van der Waals surface area contributed by atoms with Crippen molar-refractivity contribution in [3.8, 4) is 11.6 Å². The van der Waals surface area contributed by atoms with E-state index in [4.69, 9.17) is 9.40 Å². The molecule has 0 unspecified atom stereocenters. The lowest BCUT2D eigenvalue weighted by molar-refractivity contribution is -0.130. The van der Waals surface area contributed by atoms with Crippen molar-refractivity contribution in [2.75, 3.05) is 31.9 Å². The van der Waals surface area contributed by atoms with Gasteiger partial charge in [-0.05, 0) is 29.6 Å². The van der Waals surface area contributed by atoms with Gasteiger partial charge in [0.15, 0.2) is 11.6 Å². The molecule has 1 amide bonds. The molecule has 1 aliphatic rings. The number of hydrogen-bond acceptors (Lipinski definition) is 7. The van der Waals surface area contributed by atoms with E-state index in [2.05, 4.69) is 27.4 Å². The van der Waals surface area contributed by atoms with E-state index in [-0.39, 0.29) is 5.91 Å². The highest BCUT2D eigenvalue weighted by Crippen LogP contribution is 2.29. The average molecular weight is 451 g/mol. The van der Waals surface area contributed by atoms with Crippen LogP contribution in [0, 0.1) is 0 Å². The molecule has 4 aromatic rings. The predicted molar refractivity (Wildman–Crippen MR) is 124 cm³/mol. The molecule has 31 heavy (non-hydrogen) atoms. The Morgan fingerprint density at radius 1 is 1.03 bits per heavy atom. The van der Waals surface area contributed by atoms with Crippen molar-refractivity contribution >= 4 is 39.9 Å². The number of nitrogens with zero attached hydrogens (tertiary/aromatic N) is 4. The molecule has 1 fully saturated rings. The summed E-state index contributed by atoms with van der Waals surface area (Å²) in [6, 6.07) is 15.8. The summed E-state index contributed by atoms with van der Waals surface area (Å²) in [6.07, 6.45) is 1.61. The summed E-state index contributed by atoms with van der Waals surface area (Å²) in [5, 5.41) is 3.87. The Kier molecular flexibility index (Phi) is 6.01. The fourth-order valence-electron chi connectivity index (χ4n) is 3.67. The first-order chi connectivity index (χ1) is 15.3. The lowest BCUT2D eigenvalue weighted by atomic mass is 10.2. The largest absolute Gasteiger partial charge is 0.461 e. The summed E-state index contributed by atoms with van der Waals surface area (Å²) in [4.78, 5) is 27.9. The Balaban J connectivity index is 1.24. The second kappa shape index (κ2) is 9.21. The number of thiophene rings is 1. The number of rotatable bonds is 6. The third-order valence-corrected chi connectivity index (χ3v) is 7.16. The van der Waals surface area contributed by atoms with Crippen LogP contribution in [-0.2, 0) is 11.3 Å². The first-order valence-corrected chi connectivity index (χ1v) is 12.1. The molecular weight excluding hydrogens is 428 g/mol. The summed E-state index contributed by atoms with van der Waals surface area (Å²) < 4.78 is 5.48. The van der Waals surface area contributed by atoms with Gasteiger partial charge in [0.2, 0.25) is 5.91 Å². The standard InChI is InChI=1S/C23H22N4O2S2/c28-21(27-11-9-26(10-12-27)15-17-5-4-14-30-17)16-31-23-18-6-1-2-7-19(18)24-22(25-23)20-8-3-13-29-20/h1-8,13-14H,9-12,15-16H2. The Labute approximate surface area is 188 Å². The number of thioether (sulfide) groups is 1. The minimum atomic E-state index is 0.156. The van der Waals surface area contributed by atoms with E-state index in [1.807, 2.05) is 41.3 Å². The lowest BCUT2D eigenvalue weighted by Crippen LogP contribution is -2.48. The number of fused-ring (bicyclic) bond motifs is 1. The van der Waals surface area contributed by atoms with Crippen molar-refractivity contribution in [3.05, 3.63) is 65.1 Å². The molecule has 0 spiro atoms. The number of aromatic nitrogens is 2. The smallest absolute Gasteiger partial charge is 0.233 e. The molecule has 0 saturated carbocycles. The fraction of sp³-hybridized carbons (Fsp3) is 0.261. The zero-order valence-corrected chi connectivity index (χ0v) is 18.6. The van der Waals surface area contributed by atoms with Crippen LogP contribution in [0.4, 0.5) is 0 Å². The number of furan rings is 1. The maximum absolute atomic E-state index is 12.9. The molecule has 3 aromatic heterocycles. The highest BCUT2D eigenvalue weighted by molar-refractivity contribution is 8.00. The lowest BCUT2D eigenvalue weighted by Gasteiger charge is -2.34. The van der Waals surface area contributed by atoms with Gasteiger partial charge in [0, 0.05) is 43.0 Å². The second-order valence-corrected chi connectivity index (χ2v) is 9.37. The van der Waals surface area contributed by atoms with Crippen LogP contribution in [0.1, 0.15) is 4.88 Å². The van der Waals surface area contributed by atoms with Gasteiger partial charge in [0.25, 0.3) is 0 Å². The Hall–Kier alpha value is -2.68. The molecular formula is C23H22N4O2S2. The second-order valence-electron chi connectivity index (χ2n) is 7.37. The SMILES string of the molecule is O=C(CSc1nc(-c2ccco2)nc2ccccc12)N1CCN(Cc2cccs2)CC1. The van der Waals surface area contributed by atoms with E-state index in [1.165, 1.54) is 16.6 Å². The van der Waals surface area contributed by atoms with Gasteiger partial charge >= 0.3 is 0 Å². The van der Waals surface area contributed by atoms with E-state index >= 15 is 0 Å². The van der Waals surface area contributed by atoms with Gasteiger partial charge in [0.1, 0.15) is 5.03 Å². The number of carbonyl (C=O) groups excluding carboxylic acids is 1. The van der Waals surface area contributed by atoms with E-state index < -0.39 is 0 Å². The Morgan fingerprint density at radius 3 is 2.68 bits per heavy atom. The van der Waals surface area contributed by atoms with Crippen LogP contribution in [0.3, 0.4) is 0 Å². The molecule has 0 atom stereocenters. The van der Waals surface area contributed by atoms with Crippen LogP contribution in [0.25, 0.3) is 22.5 Å². The van der Waals surface area contributed by atoms with Gasteiger partial charge in [0.05, 0.1) is 17.5 Å². The summed E-state index contributed by atoms with van der Waals surface area (Å²) in [6.45, 7) is 4.33. The van der Waals surface area contributed by atoms with Gasteiger partial charge in [-0.2, -0.15) is 0 Å². The van der Waals surface area contributed by atoms with Crippen molar-refractivity contribution in [3.63, 3.8) is 0 Å². The Morgan fingerprint density at radius 2 is 1.90 bits per heavy atom. The number of benzene rings is 1. The number of hydrogen-bond donors (Lipinski definition) is 0. The molecule has 1 saturated heterocycles. The first kappa shape index (κ1) is 20.2. The number of carbonyl (C=O) groups is 1. The molecule has 1 aliphatic heterocycles. The molecule has 1 aromatic carbocycles. The van der Waals surface area contributed by atoms with E-state index in [9.17, 15) is 4.79 Å². The topological polar surface area (TPSA) is 62.5 Å². The molecule has 0 bridgehead atoms. The fourth-order valence-corrected chi connectivity index (χ4v) is 5.34. The third kappa shape index (κ3) is 4.66. The van der Waals surface area contributed by atoms with Gasteiger partial charge < -0.3 is 9.32 Å². The summed E-state index contributed by atoms with van der Waals surface area (Å²) in [7, 11) is 0. The van der Waals surface area contributed by atoms with E-state index in [1.54, 1.807) is 17.6 Å². The molecule has 0 aliphatic carbocycles. The minimum absolute atomic E-state index is 0.156. The highest BCUT2D eigenvalue weighted by Gasteiger charge is 2.22. The molecule has 158 valence electrons. The quantitative estimate of drug-likeness (QED) is 0.321. The van der Waals surface area contributed by atoms with Crippen LogP contribution >= 0.6 is 23.1 Å². The van der Waals surface area contributed by atoms with Crippen LogP contribution in [0.5, 0.6) is 0 Å². The molecule has 5 rings (SSSR count). The first-order valence-electron chi connectivity index (χ1n) is 10.2. The maximum Gasteiger partial charge on any atom is 0.233 e. The molecule has 8 heteroatoms. The third-order valence-electron chi connectivity index (χ3n) is 5.33. The highest BCUT2D eigenvalue weighted by atomic mass is 32.2. The summed E-state index contributed by atoms with van der Waals surface area (Å²) in [5.41, 5.74) is 0.848. The minimum Gasteiger partial charge on any atom is -0.461 e. The zero-order valence-electron chi connectivity index (χ0n) is 16.9. The van der Waals surface area contributed by atoms with Crippen molar-refractivity contribution in [2.45, 2.75) is 11.6 Å². The van der Waals surface area contributed by atoms with Gasteiger partial charge in [-0.25, -0.2) is 9.97 Å². The van der Waals surface area contributed by atoms with Gasteiger partial charge in [-0.1, -0.05) is 36.0 Å². The average Bonchev–Trinajstić information content (AvgIpc) is 3.52. The van der Waals surface area contributed by atoms with Crippen molar-refractivity contribution in [1.29, 1.82) is 0 Å². The number of amides is 1. The van der Waals surface area contributed by atoms with Crippen molar-refractivity contribution < 1.29 is 9.21 Å². The molecule has 4 heterocycles. The zero-order chi connectivity index (χ0) is 21.0. The summed E-state index contributed by atoms with van der Waals surface area (Å²) >= 11 is 3.26. The van der Waals surface area contributed by atoms with Gasteiger partial charge in [-0.15, -0.1) is 11.3 Å². The monoisotopic (exact) mass is 450 g/mol. The predicted octanol–water partition coefficient (Wildman–Crippen LogP) is 4.39. The maximum atomic E-state index is 12.9. The van der Waals surface area contributed by atoms with E-state index in [0.717, 1.165) is 48.7 Å². The molecule has 0 N–H and O–H groups in total. The van der Waals surface area contributed by atoms with Crippen LogP contribution < -0.4 is 0 Å². The van der Waals surface area contributed by atoms with E-state index in [0.29, 0.717) is 17.3 Å². The number of para-hydroxylation sites is 1. The van der Waals surface area contributed by atoms with Crippen LogP contribution in [-0.4, -0.2) is 57.6 Å². The molecule has 6 nitrogen and oxygen atoms in total. The van der Waals surface area contributed by atoms with Crippen LogP contribution in [0.2, 0.25) is 0 Å². The van der Waals surface area contributed by atoms with Gasteiger partial charge in [-0.3, -0.25) is 9.69 Å². The van der Waals surface area contributed by atoms with Crippen molar-refractivity contribution in [2.24, 2.45) is 0 Å². The summed E-state index contributed by atoms with van der Waals surface area (Å²) in [5.74, 6) is 1.69. The van der Waals surface area contributed by atoms with Crippen molar-refractivity contribution in [1.82, 2.24) is 19.8 Å².